The molecular weight excluding hydrogens is 408 g/mol. The van der Waals surface area contributed by atoms with Crippen molar-refractivity contribution >= 4 is 27.9 Å². The van der Waals surface area contributed by atoms with Crippen molar-refractivity contribution < 1.29 is 22.7 Å². The van der Waals surface area contributed by atoms with Crippen molar-refractivity contribution in [2.24, 2.45) is 10.3 Å². The molecule has 0 radical (unpaired) electrons. The first-order chi connectivity index (χ1) is 14.1. The van der Waals surface area contributed by atoms with Crippen molar-refractivity contribution in [3.8, 4) is 0 Å². The zero-order valence-electron chi connectivity index (χ0n) is 17.5. The quantitative estimate of drug-likeness (QED) is 0.691. The van der Waals surface area contributed by atoms with Crippen LogP contribution in [0.15, 0.2) is 33.6 Å². The molecule has 0 atom stereocenters. The van der Waals surface area contributed by atoms with Gasteiger partial charge in [0.1, 0.15) is 10.5 Å². The molecule has 2 aliphatic rings. The van der Waals surface area contributed by atoms with Gasteiger partial charge in [-0.25, -0.2) is 4.79 Å². The van der Waals surface area contributed by atoms with Crippen LogP contribution in [0.2, 0.25) is 0 Å². The Bertz CT molecular complexity index is 944. The molecule has 2 N–H and O–H groups in total. The predicted octanol–water partition coefficient (Wildman–Crippen LogP) is 1.49. The highest BCUT2D eigenvalue weighted by Crippen LogP contribution is 2.29. The number of ether oxygens (including phenoxy) is 1. The molecule has 2 aliphatic heterocycles. The number of likely N-dealkylation sites (tertiary alicyclic amines) is 1. The first-order valence-corrected chi connectivity index (χ1v) is 11.4. The molecule has 164 valence electrons. The minimum Gasteiger partial charge on any atom is -0.444 e. The molecule has 0 spiro atoms. The number of amidine groups is 1. The van der Waals surface area contributed by atoms with Gasteiger partial charge in [-0.2, -0.15) is 8.42 Å². The molecule has 0 aliphatic carbocycles. The minimum absolute atomic E-state index is 0.0676. The molecular formula is C20H28N4O5S. The van der Waals surface area contributed by atoms with E-state index in [4.69, 9.17) is 4.74 Å². The van der Waals surface area contributed by atoms with Crippen molar-refractivity contribution in [1.29, 1.82) is 0 Å². The highest BCUT2D eigenvalue weighted by molar-refractivity contribution is 7.90. The largest absolute Gasteiger partial charge is 0.444 e. The smallest absolute Gasteiger partial charge is 0.407 e. The number of carbonyl (C=O) groups excluding carboxylic acids is 2. The molecule has 0 saturated carbocycles. The molecule has 30 heavy (non-hydrogen) atoms. The van der Waals surface area contributed by atoms with E-state index in [-0.39, 0.29) is 23.3 Å². The Morgan fingerprint density at radius 1 is 1.13 bits per heavy atom. The molecule has 10 heteroatoms. The van der Waals surface area contributed by atoms with E-state index in [1.165, 1.54) is 0 Å². The van der Waals surface area contributed by atoms with E-state index in [0.29, 0.717) is 43.9 Å². The lowest BCUT2D eigenvalue weighted by Crippen LogP contribution is -2.44. The Morgan fingerprint density at radius 3 is 2.43 bits per heavy atom. The average molecular weight is 437 g/mol. The molecule has 1 fully saturated rings. The van der Waals surface area contributed by atoms with Crippen molar-refractivity contribution in [3.05, 3.63) is 29.8 Å². The zero-order chi connectivity index (χ0) is 21.9. The molecule has 2 heterocycles. The number of piperidine rings is 1. The predicted molar refractivity (Wildman–Crippen MR) is 112 cm³/mol. The third kappa shape index (κ3) is 5.29. The summed E-state index contributed by atoms with van der Waals surface area (Å²) in [5, 5.41) is 5.43. The van der Waals surface area contributed by atoms with Crippen LogP contribution in [-0.4, -0.2) is 62.9 Å². The monoisotopic (exact) mass is 436 g/mol. The maximum atomic E-state index is 12.4. The molecule has 1 aromatic carbocycles. The van der Waals surface area contributed by atoms with E-state index in [9.17, 15) is 18.0 Å². The Morgan fingerprint density at radius 2 is 1.77 bits per heavy atom. The fourth-order valence-electron chi connectivity index (χ4n) is 3.48. The maximum absolute atomic E-state index is 12.4. The molecule has 1 saturated heterocycles. The van der Waals surface area contributed by atoms with E-state index >= 15 is 0 Å². The number of nitrogens with zero attached hydrogens (tertiary/aromatic N) is 2. The molecule has 3 rings (SSSR count). The fraction of sp³-hybridized carbons (Fsp3) is 0.550. The van der Waals surface area contributed by atoms with E-state index in [0.717, 1.165) is 0 Å². The van der Waals surface area contributed by atoms with Gasteiger partial charge in [0.15, 0.2) is 5.84 Å². The number of fused-ring (bicyclic) bond motifs is 1. The zero-order valence-corrected chi connectivity index (χ0v) is 18.3. The standard InChI is InChI=1S/C20H28N4O5S/c1-20(2,3)29-19(26)22-11-10-21-18(25)14-8-12-24(13-9-14)17-15-6-4-5-7-16(15)30(27,28)23-17/h4-7,14H,8-13H2,1-3H3,(H,21,25)(H,22,26). The summed E-state index contributed by atoms with van der Waals surface area (Å²) in [5.74, 6) is 0.240. The van der Waals surface area contributed by atoms with Crippen LogP contribution in [0.5, 0.6) is 0 Å². The highest BCUT2D eigenvalue weighted by atomic mass is 32.2. The summed E-state index contributed by atoms with van der Waals surface area (Å²) in [6.07, 6.45) is 0.691. The first kappa shape index (κ1) is 22.1. The van der Waals surface area contributed by atoms with Gasteiger partial charge in [0.25, 0.3) is 10.0 Å². The number of carbonyl (C=O) groups is 2. The number of nitrogens with one attached hydrogen (secondary N) is 2. The van der Waals surface area contributed by atoms with Gasteiger partial charge in [-0.3, -0.25) is 4.79 Å². The van der Waals surface area contributed by atoms with E-state index < -0.39 is 21.7 Å². The van der Waals surface area contributed by atoms with Crippen LogP contribution in [0, 0.1) is 5.92 Å². The maximum Gasteiger partial charge on any atom is 0.407 e. The van der Waals surface area contributed by atoms with Crippen LogP contribution >= 0.6 is 0 Å². The molecule has 2 amide bonds. The number of hydrogen-bond acceptors (Lipinski definition) is 6. The average Bonchev–Trinajstić information content (AvgIpc) is 2.95. The molecule has 9 nitrogen and oxygen atoms in total. The topological polar surface area (TPSA) is 117 Å². The second-order valence-electron chi connectivity index (χ2n) is 8.37. The third-order valence-corrected chi connectivity index (χ3v) is 6.20. The Kier molecular flexibility index (Phi) is 6.35. The van der Waals surface area contributed by atoms with Crippen molar-refractivity contribution in [1.82, 2.24) is 15.5 Å². The molecule has 0 bridgehead atoms. The van der Waals surface area contributed by atoms with Gasteiger partial charge in [-0.1, -0.05) is 12.1 Å². The van der Waals surface area contributed by atoms with Crippen LogP contribution in [-0.2, 0) is 19.6 Å². The first-order valence-electron chi connectivity index (χ1n) is 10.0. The lowest BCUT2D eigenvalue weighted by molar-refractivity contribution is -0.126. The van der Waals surface area contributed by atoms with Crippen LogP contribution in [0.1, 0.15) is 39.2 Å². The van der Waals surface area contributed by atoms with Crippen LogP contribution < -0.4 is 10.6 Å². The number of amides is 2. The Balaban J connectivity index is 1.45. The second kappa shape index (κ2) is 8.63. The van der Waals surface area contributed by atoms with Crippen LogP contribution in [0.4, 0.5) is 4.79 Å². The van der Waals surface area contributed by atoms with Gasteiger partial charge in [-0.05, 0) is 45.7 Å². The minimum atomic E-state index is -3.65. The van der Waals surface area contributed by atoms with Crippen molar-refractivity contribution in [2.45, 2.75) is 44.1 Å². The van der Waals surface area contributed by atoms with Crippen molar-refractivity contribution in [3.63, 3.8) is 0 Å². The van der Waals surface area contributed by atoms with Crippen LogP contribution in [0.25, 0.3) is 0 Å². The number of hydrogen-bond donors (Lipinski definition) is 2. The summed E-state index contributed by atoms with van der Waals surface area (Å²) in [6, 6.07) is 6.80. The summed E-state index contributed by atoms with van der Waals surface area (Å²) in [5.41, 5.74) is 0.0544. The summed E-state index contributed by atoms with van der Waals surface area (Å²) < 4.78 is 33.6. The number of sulfonamides is 1. The lowest BCUT2D eigenvalue weighted by Gasteiger charge is -2.32. The summed E-state index contributed by atoms with van der Waals surface area (Å²) in [6.45, 7) is 7.05. The Hall–Kier alpha value is -2.62. The molecule has 1 aromatic rings. The van der Waals surface area contributed by atoms with Gasteiger partial charge in [-0.15, -0.1) is 4.40 Å². The van der Waals surface area contributed by atoms with E-state index in [1.807, 2.05) is 4.90 Å². The number of benzene rings is 1. The van der Waals surface area contributed by atoms with E-state index in [2.05, 4.69) is 15.0 Å². The number of rotatable bonds is 4. The normalized spacial score (nSPS) is 18.4. The highest BCUT2D eigenvalue weighted by Gasteiger charge is 2.34. The van der Waals surface area contributed by atoms with E-state index in [1.54, 1.807) is 45.0 Å². The summed E-state index contributed by atoms with van der Waals surface area (Å²) in [4.78, 5) is 26.2. The van der Waals surface area contributed by atoms with Crippen LogP contribution in [0.3, 0.4) is 0 Å². The SMILES string of the molecule is CC(C)(C)OC(=O)NCCNC(=O)C1CCN(C2=NS(=O)(=O)c3ccccc32)CC1. The van der Waals surface area contributed by atoms with Gasteiger partial charge in [0.2, 0.25) is 5.91 Å². The summed E-state index contributed by atoms with van der Waals surface area (Å²) in [7, 11) is -3.65. The Labute approximate surface area is 176 Å². The van der Waals surface area contributed by atoms with Gasteiger partial charge in [0.05, 0.1) is 0 Å². The van der Waals surface area contributed by atoms with Crippen molar-refractivity contribution in [2.75, 3.05) is 26.2 Å². The molecule has 0 unspecified atom stereocenters. The lowest BCUT2D eigenvalue weighted by atomic mass is 9.95. The third-order valence-electron chi connectivity index (χ3n) is 4.87. The van der Waals surface area contributed by atoms with Gasteiger partial charge >= 0.3 is 6.09 Å². The molecule has 0 aromatic heterocycles. The van der Waals surface area contributed by atoms with Gasteiger partial charge < -0.3 is 20.3 Å². The van der Waals surface area contributed by atoms with Gasteiger partial charge in [0, 0.05) is 37.7 Å². The fourth-order valence-corrected chi connectivity index (χ4v) is 4.71. The second-order valence-corrected chi connectivity index (χ2v) is 9.94. The summed E-state index contributed by atoms with van der Waals surface area (Å²) >= 11 is 0. The number of alkyl carbamates (subject to hydrolysis) is 1.